The molecule has 3 rings (SSSR count). The Kier molecular flexibility index (Phi) is 5.86. The molecule has 0 aliphatic rings. The number of para-hydroxylation sites is 1. The van der Waals surface area contributed by atoms with Crippen LogP contribution in [0.15, 0.2) is 71.6 Å². The van der Waals surface area contributed by atoms with Crippen LogP contribution in [0.5, 0.6) is 0 Å². The lowest BCUT2D eigenvalue weighted by Gasteiger charge is -2.20. The number of carbonyl (C=O) groups excluding carboxylic acids is 1. The molecule has 0 aliphatic carbocycles. The molecule has 0 heterocycles. The number of carbonyl (C=O) groups is 1. The van der Waals surface area contributed by atoms with Gasteiger partial charge in [0, 0.05) is 7.05 Å². The maximum absolute atomic E-state index is 13.8. The Labute approximate surface area is 171 Å². The van der Waals surface area contributed by atoms with Gasteiger partial charge in [-0.2, -0.15) is 0 Å². The zero-order valence-electron chi connectivity index (χ0n) is 15.1. The molecule has 0 radical (unpaired) electrons. The molecule has 3 aromatic carbocycles. The van der Waals surface area contributed by atoms with Gasteiger partial charge in [-0.05, 0) is 42.5 Å². The summed E-state index contributed by atoms with van der Waals surface area (Å²) in [7, 11) is -2.56. The highest BCUT2D eigenvalue weighted by Crippen LogP contribution is 2.28. The number of hydrogen-bond donors (Lipinski definition) is 1. The second-order valence-corrected chi connectivity index (χ2v) is 8.38. The predicted octanol–water partition coefficient (Wildman–Crippen LogP) is 4.70. The van der Waals surface area contributed by atoms with Gasteiger partial charge >= 0.3 is 0 Å². The zero-order chi connectivity index (χ0) is 21.2. The third kappa shape index (κ3) is 4.23. The molecule has 0 saturated carbocycles. The van der Waals surface area contributed by atoms with Crippen LogP contribution < -0.4 is 9.62 Å². The van der Waals surface area contributed by atoms with Gasteiger partial charge in [-0.15, -0.1) is 0 Å². The third-order valence-corrected chi connectivity index (χ3v) is 6.29. The molecule has 0 aliphatic heterocycles. The van der Waals surface area contributed by atoms with Crippen LogP contribution >= 0.6 is 11.6 Å². The second-order valence-electron chi connectivity index (χ2n) is 6.00. The van der Waals surface area contributed by atoms with E-state index in [0.717, 1.165) is 22.5 Å². The molecule has 0 bridgehead atoms. The Morgan fingerprint density at radius 1 is 0.966 bits per heavy atom. The van der Waals surface area contributed by atoms with E-state index in [1.807, 2.05) is 0 Å². The van der Waals surface area contributed by atoms with E-state index in [-0.39, 0.29) is 21.2 Å². The molecule has 1 N–H and O–H groups in total. The van der Waals surface area contributed by atoms with Crippen LogP contribution in [0.4, 0.5) is 20.2 Å². The number of amides is 1. The van der Waals surface area contributed by atoms with Gasteiger partial charge in [-0.3, -0.25) is 9.10 Å². The van der Waals surface area contributed by atoms with Crippen LogP contribution in [0, 0.1) is 11.6 Å². The molecular weight excluding hydrogens is 422 g/mol. The largest absolute Gasteiger partial charge is 0.317 e. The summed E-state index contributed by atoms with van der Waals surface area (Å²) in [4.78, 5) is 12.6. The van der Waals surface area contributed by atoms with Gasteiger partial charge in [-0.1, -0.05) is 35.9 Å². The summed E-state index contributed by atoms with van der Waals surface area (Å²) in [5.41, 5.74) is -0.608. The lowest BCUT2D eigenvalue weighted by atomic mass is 10.1. The number of hydrogen-bond acceptors (Lipinski definition) is 3. The summed E-state index contributed by atoms with van der Waals surface area (Å²) in [6.45, 7) is 0. The highest BCUT2D eigenvalue weighted by Gasteiger charge is 2.23. The Morgan fingerprint density at radius 3 is 2.21 bits per heavy atom. The molecule has 150 valence electrons. The van der Waals surface area contributed by atoms with Crippen LogP contribution in [0.3, 0.4) is 0 Å². The van der Waals surface area contributed by atoms with Gasteiger partial charge in [0.15, 0.2) is 0 Å². The van der Waals surface area contributed by atoms with Crippen molar-refractivity contribution in [2.24, 2.45) is 0 Å². The lowest BCUT2D eigenvalue weighted by Crippen LogP contribution is -2.27. The highest BCUT2D eigenvalue weighted by molar-refractivity contribution is 7.92. The first-order valence-corrected chi connectivity index (χ1v) is 10.1. The minimum atomic E-state index is -3.88. The standard InChI is InChI=1S/C20H15ClF2N2O3S/c1-25(29(27,28)14-6-3-2-4-7-14)13-10-11-16(21)15(12-13)20(26)24-19-17(22)8-5-9-18(19)23/h2-12H,1H3,(H,24,26). The first-order chi connectivity index (χ1) is 13.7. The summed E-state index contributed by atoms with van der Waals surface area (Å²) in [6, 6.07) is 14.9. The van der Waals surface area contributed by atoms with Crippen molar-refractivity contribution in [2.45, 2.75) is 4.90 Å². The van der Waals surface area contributed by atoms with Crippen LogP contribution in [-0.2, 0) is 10.0 Å². The quantitative estimate of drug-likeness (QED) is 0.630. The van der Waals surface area contributed by atoms with E-state index < -0.39 is 33.3 Å². The van der Waals surface area contributed by atoms with Crippen LogP contribution in [-0.4, -0.2) is 21.4 Å². The number of anilines is 2. The monoisotopic (exact) mass is 436 g/mol. The summed E-state index contributed by atoms with van der Waals surface area (Å²) < 4.78 is 54.1. The molecule has 0 fully saturated rings. The van der Waals surface area contributed by atoms with Crippen molar-refractivity contribution in [3.63, 3.8) is 0 Å². The minimum Gasteiger partial charge on any atom is -0.317 e. The summed E-state index contributed by atoms with van der Waals surface area (Å²) >= 11 is 6.06. The Bertz CT molecular complexity index is 1150. The number of halogens is 3. The zero-order valence-corrected chi connectivity index (χ0v) is 16.6. The smallest absolute Gasteiger partial charge is 0.264 e. The van der Waals surface area contributed by atoms with E-state index in [4.69, 9.17) is 11.6 Å². The molecule has 29 heavy (non-hydrogen) atoms. The summed E-state index contributed by atoms with van der Waals surface area (Å²) in [5.74, 6) is -2.78. The second kappa shape index (κ2) is 8.18. The fraction of sp³-hybridized carbons (Fsp3) is 0.0500. The first kappa shape index (κ1) is 20.8. The van der Waals surface area contributed by atoms with Crippen LogP contribution in [0.1, 0.15) is 10.4 Å². The van der Waals surface area contributed by atoms with Gasteiger partial charge in [0.2, 0.25) is 0 Å². The lowest BCUT2D eigenvalue weighted by molar-refractivity contribution is 0.102. The minimum absolute atomic E-state index is 0.00601. The van der Waals surface area contributed by atoms with Crippen molar-refractivity contribution < 1.29 is 22.0 Å². The van der Waals surface area contributed by atoms with Crippen molar-refractivity contribution in [1.29, 1.82) is 0 Å². The maximum atomic E-state index is 13.8. The molecule has 0 spiro atoms. The number of sulfonamides is 1. The van der Waals surface area contributed by atoms with Crippen LogP contribution in [0.25, 0.3) is 0 Å². The van der Waals surface area contributed by atoms with Crippen molar-refractivity contribution >= 4 is 38.9 Å². The number of rotatable bonds is 5. The maximum Gasteiger partial charge on any atom is 0.264 e. The fourth-order valence-corrected chi connectivity index (χ4v) is 3.98. The van der Waals surface area contributed by atoms with E-state index in [2.05, 4.69) is 5.32 Å². The Balaban J connectivity index is 1.95. The molecule has 0 aromatic heterocycles. The molecule has 0 unspecified atom stereocenters. The van der Waals surface area contributed by atoms with Crippen LogP contribution in [0.2, 0.25) is 5.02 Å². The average Bonchev–Trinajstić information content (AvgIpc) is 2.71. The molecule has 5 nitrogen and oxygen atoms in total. The SMILES string of the molecule is CN(c1ccc(Cl)c(C(=O)Nc2c(F)cccc2F)c1)S(=O)(=O)c1ccccc1. The summed E-state index contributed by atoms with van der Waals surface area (Å²) in [5, 5.41) is 2.12. The Morgan fingerprint density at radius 2 is 1.59 bits per heavy atom. The predicted molar refractivity (Wildman–Crippen MR) is 108 cm³/mol. The van der Waals surface area contributed by atoms with E-state index in [1.165, 1.54) is 37.4 Å². The van der Waals surface area contributed by atoms with Crippen molar-refractivity contribution in [3.05, 3.63) is 89.0 Å². The normalized spacial score (nSPS) is 11.2. The molecular formula is C20H15ClF2N2O3S. The number of nitrogens with zero attached hydrogens (tertiary/aromatic N) is 1. The molecule has 0 saturated heterocycles. The number of nitrogens with one attached hydrogen (secondary N) is 1. The Hall–Kier alpha value is -2.97. The molecule has 0 atom stereocenters. The fourth-order valence-electron chi connectivity index (χ4n) is 2.57. The van der Waals surface area contributed by atoms with E-state index in [1.54, 1.807) is 18.2 Å². The van der Waals surface area contributed by atoms with Gasteiger partial charge in [-0.25, -0.2) is 17.2 Å². The van der Waals surface area contributed by atoms with E-state index in [0.29, 0.717) is 0 Å². The molecule has 1 amide bonds. The van der Waals surface area contributed by atoms with Gasteiger partial charge in [0.1, 0.15) is 17.3 Å². The topological polar surface area (TPSA) is 66.5 Å². The first-order valence-electron chi connectivity index (χ1n) is 8.30. The molecule has 3 aromatic rings. The molecule has 9 heteroatoms. The average molecular weight is 437 g/mol. The van der Waals surface area contributed by atoms with E-state index in [9.17, 15) is 22.0 Å². The van der Waals surface area contributed by atoms with Crippen molar-refractivity contribution in [2.75, 3.05) is 16.7 Å². The summed E-state index contributed by atoms with van der Waals surface area (Å²) in [6.07, 6.45) is 0. The van der Waals surface area contributed by atoms with Gasteiger partial charge in [0.05, 0.1) is 21.2 Å². The van der Waals surface area contributed by atoms with Gasteiger partial charge in [0.25, 0.3) is 15.9 Å². The number of benzene rings is 3. The third-order valence-electron chi connectivity index (χ3n) is 4.16. The van der Waals surface area contributed by atoms with E-state index >= 15 is 0 Å². The van der Waals surface area contributed by atoms with Crippen molar-refractivity contribution in [1.82, 2.24) is 0 Å². The van der Waals surface area contributed by atoms with Crippen molar-refractivity contribution in [3.8, 4) is 0 Å². The highest BCUT2D eigenvalue weighted by atomic mass is 35.5. The van der Waals surface area contributed by atoms with Gasteiger partial charge < -0.3 is 5.32 Å².